The van der Waals surface area contributed by atoms with Crippen LogP contribution in [0.15, 0.2) is 35.7 Å². The van der Waals surface area contributed by atoms with Gasteiger partial charge in [-0.25, -0.2) is 8.42 Å². The van der Waals surface area contributed by atoms with Crippen LogP contribution in [0, 0.1) is 0 Å². The monoisotopic (exact) mass is 264 g/mol. The van der Waals surface area contributed by atoms with Crippen molar-refractivity contribution in [1.29, 1.82) is 0 Å². The third kappa shape index (κ3) is 2.38. The summed E-state index contributed by atoms with van der Waals surface area (Å²) >= 11 is 0. The van der Waals surface area contributed by atoms with E-state index in [1.54, 1.807) is 30.3 Å². The van der Waals surface area contributed by atoms with Crippen molar-refractivity contribution in [3.8, 4) is 0 Å². The standard InChI is InChI=1S/C14H16O3S/c1-2-11-7-9-12(10-8-11)18(16,17)14-6-4-3-5-13(14)15/h2,7-10,14H,1,3-6H2. The van der Waals surface area contributed by atoms with E-state index in [9.17, 15) is 13.2 Å². The maximum atomic E-state index is 12.4. The highest BCUT2D eigenvalue weighted by Gasteiger charge is 2.35. The Balaban J connectivity index is 2.34. The summed E-state index contributed by atoms with van der Waals surface area (Å²) in [5.74, 6) is -0.144. The van der Waals surface area contributed by atoms with Gasteiger partial charge in [0.2, 0.25) is 0 Å². The molecule has 1 aromatic rings. The molecule has 1 aromatic carbocycles. The lowest BCUT2D eigenvalue weighted by Crippen LogP contribution is -2.33. The first kappa shape index (κ1) is 13.0. The van der Waals surface area contributed by atoms with E-state index >= 15 is 0 Å². The fourth-order valence-electron chi connectivity index (χ4n) is 2.24. The topological polar surface area (TPSA) is 51.2 Å². The van der Waals surface area contributed by atoms with E-state index in [4.69, 9.17) is 0 Å². The van der Waals surface area contributed by atoms with Crippen LogP contribution in [0.4, 0.5) is 0 Å². The van der Waals surface area contributed by atoms with Gasteiger partial charge < -0.3 is 0 Å². The highest BCUT2D eigenvalue weighted by molar-refractivity contribution is 7.92. The van der Waals surface area contributed by atoms with Crippen LogP contribution >= 0.6 is 0 Å². The summed E-state index contributed by atoms with van der Waals surface area (Å²) in [6, 6.07) is 6.50. The van der Waals surface area contributed by atoms with Crippen LogP contribution < -0.4 is 0 Å². The van der Waals surface area contributed by atoms with Crippen molar-refractivity contribution in [3.63, 3.8) is 0 Å². The zero-order chi connectivity index (χ0) is 13.2. The Morgan fingerprint density at radius 2 is 1.83 bits per heavy atom. The average Bonchev–Trinajstić information content (AvgIpc) is 2.39. The molecule has 2 rings (SSSR count). The first-order valence-electron chi connectivity index (χ1n) is 6.05. The van der Waals surface area contributed by atoms with Crippen LogP contribution in [-0.4, -0.2) is 19.5 Å². The molecule has 1 unspecified atom stereocenters. The zero-order valence-corrected chi connectivity index (χ0v) is 10.9. The van der Waals surface area contributed by atoms with Crippen LogP contribution in [-0.2, 0) is 14.6 Å². The minimum absolute atomic E-state index is 0.144. The van der Waals surface area contributed by atoms with Crippen LogP contribution in [0.3, 0.4) is 0 Å². The SMILES string of the molecule is C=Cc1ccc(S(=O)(=O)C2CCCCC2=O)cc1. The lowest BCUT2D eigenvalue weighted by Gasteiger charge is -2.20. The van der Waals surface area contributed by atoms with E-state index in [2.05, 4.69) is 6.58 Å². The minimum atomic E-state index is -3.52. The second-order valence-corrected chi connectivity index (χ2v) is 6.65. The molecule has 0 heterocycles. The number of benzene rings is 1. The van der Waals surface area contributed by atoms with Crippen molar-refractivity contribution in [3.05, 3.63) is 36.4 Å². The Labute approximate surface area is 107 Å². The number of carbonyl (C=O) groups is 1. The quantitative estimate of drug-likeness (QED) is 0.843. The van der Waals surface area contributed by atoms with Gasteiger partial charge >= 0.3 is 0 Å². The van der Waals surface area contributed by atoms with Gasteiger partial charge in [0.1, 0.15) is 5.25 Å². The Morgan fingerprint density at radius 3 is 2.39 bits per heavy atom. The molecule has 0 N–H and O–H groups in total. The summed E-state index contributed by atoms with van der Waals surface area (Å²) in [6.45, 7) is 3.62. The number of carbonyl (C=O) groups excluding carboxylic acids is 1. The molecule has 0 amide bonds. The number of Topliss-reactive ketones (excluding diaryl/α,β-unsaturated/α-hetero) is 1. The highest BCUT2D eigenvalue weighted by atomic mass is 32.2. The summed E-state index contributed by atoms with van der Waals surface area (Å²) in [5.41, 5.74) is 0.865. The minimum Gasteiger partial charge on any atom is -0.298 e. The summed E-state index contributed by atoms with van der Waals surface area (Å²) in [7, 11) is -3.52. The molecule has 1 fully saturated rings. The van der Waals surface area contributed by atoms with Crippen LogP contribution in [0.5, 0.6) is 0 Å². The van der Waals surface area contributed by atoms with Gasteiger partial charge in [-0.1, -0.05) is 31.2 Å². The molecule has 0 bridgehead atoms. The number of hydrogen-bond acceptors (Lipinski definition) is 3. The molecule has 0 saturated heterocycles. The van der Waals surface area contributed by atoms with Crippen LogP contribution in [0.1, 0.15) is 31.2 Å². The smallest absolute Gasteiger partial charge is 0.188 e. The van der Waals surface area contributed by atoms with Crippen molar-refractivity contribution in [2.24, 2.45) is 0 Å². The van der Waals surface area contributed by atoms with Crippen molar-refractivity contribution in [1.82, 2.24) is 0 Å². The van der Waals surface area contributed by atoms with Crippen molar-refractivity contribution < 1.29 is 13.2 Å². The van der Waals surface area contributed by atoms with E-state index in [0.717, 1.165) is 18.4 Å². The highest BCUT2D eigenvalue weighted by Crippen LogP contribution is 2.26. The van der Waals surface area contributed by atoms with E-state index in [0.29, 0.717) is 12.8 Å². The van der Waals surface area contributed by atoms with Crippen molar-refractivity contribution in [2.45, 2.75) is 35.8 Å². The summed E-state index contributed by atoms with van der Waals surface area (Å²) in [5, 5.41) is -0.846. The third-order valence-electron chi connectivity index (χ3n) is 3.32. The molecule has 0 spiro atoms. The Hall–Kier alpha value is -1.42. The van der Waals surface area contributed by atoms with E-state index < -0.39 is 15.1 Å². The molecule has 1 atom stereocenters. The number of hydrogen-bond donors (Lipinski definition) is 0. The zero-order valence-electron chi connectivity index (χ0n) is 10.1. The van der Waals surface area contributed by atoms with E-state index in [1.165, 1.54) is 0 Å². The average molecular weight is 264 g/mol. The molecule has 1 aliphatic carbocycles. The summed E-state index contributed by atoms with van der Waals surface area (Å²) in [4.78, 5) is 12.0. The number of sulfone groups is 1. The van der Waals surface area contributed by atoms with Crippen LogP contribution in [0.2, 0.25) is 0 Å². The molecule has 18 heavy (non-hydrogen) atoms. The molecular formula is C14H16O3S. The van der Waals surface area contributed by atoms with Gasteiger partial charge in [-0.15, -0.1) is 0 Å². The largest absolute Gasteiger partial charge is 0.298 e. The lowest BCUT2D eigenvalue weighted by atomic mass is 9.99. The maximum Gasteiger partial charge on any atom is 0.188 e. The normalized spacial score (nSPS) is 20.7. The second kappa shape index (κ2) is 5.06. The molecule has 1 aliphatic rings. The Kier molecular flexibility index (Phi) is 3.66. The van der Waals surface area contributed by atoms with Crippen LogP contribution in [0.25, 0.3) is 6.08 Å². The first-order chi connectivity index (χ1) is 8.55. The molecule has 0 aliphatic heterocycles. The number of rotatable bonds is 3. The second-order valence-electron chi connectivity index (χ2n) is 4.52. The van der Waals surface area contributed by atoms with E-state index in [-0.39, 0.29) is 10.7 Å². The maximum absolute atomic E-state index is 12.4. The fourth-order valence-corrected chi connectivity index (χ4v) is 4.02. The Morgan fingerprint density at radius 1 is 1.17 bits per heavy atom. The lowest BCUT2D eigenvalue weighted by molar-refractivity contribution is -0.119. The van der Waals surface area contributed by atoms with Crippen molar-refractivity contribution in [2.75, 3.05) is 0 Å². The van der Waals surface area contributed by atoms with Gasteiger partial charge in [0.25, 0.3) is 0 Å². The number of ketones is 1. The molecule has 3 nitrogen and oxygen atoms in total. The van der Waals surface area contributed by atoms with Crippen molar-refractivity contribution >= 4 is 21.7 Å². The van der Waals surface area contributed by atoms with Gasteiger partial charge in [0.05, 0.1) is 4.90 Å². The molecule has 96 valence electrons. The molecule has 4 heteroatoms. The molecule has 0 aromatic heterocycles. The summed E-state index contributed by atoms with van der Waals surface area (Å²) < 4.78 is 24.7. The van der Waals surface area contributed by atoms with Gasteiger partial charge in [-0.3, -0.25) is 4.79 Å². The van der Waals surface area contributed by atoms with Gasteiger partial charge in [-0.05, 0) is 30.5 Å². The Bertz CT molecular complexity index is 555. The predicted molar refractivity (Wildman–Crippen MR) is 71.0 cm³/mol. The first-order valence-corrected chi connectivity index (χ1v) is 7.59. The molecule has 0 radical (unpaired) electrons. The fraction of sp³-hybridized carbons (Fsp3) is 0.357. The van der Waals surface area contributed by atoms with Gasteiger partial charge in [0, 0.05) is 6.42 Å². The molecular weight excluding hydrogens is 248 g/mol. The third-order valence-corrected chi connectivity index (χ3v) is 5.49. The van der Waals surface area contributed by atoms with E-state index in [1.807, 2.05) is 0 Å². The molecule has 1 saturated carbocycles. The predicted octanol–water partition coefficient (Wildman–Crippen LogP) is 2.62. The van der Waals surface area contributed by atoms with Gasteiger partial charge in [0.15, 0.2) is 15.6 Å². The summed E-state index contributed by atoms with van der Waals surface area (Å²) in [6.07, 6.45) is 4.10. The van der Waals surface area contributed by atoms with Gasteiger partial charge in [-0.2, -0.15) is 0 Å².